The van der Waals surface area contributed by atoms with E-state index in [-0.39, 0.29) is 23.6 Å². The van der Waals surface area contributed by atoms with Crippen molar-refractivity contribution in [3.05, 3.63) is 27.8 Å². The molecule has 0 fully saturated rings. The van der Waals surface area contributed by atoms with Crippen LogP contribution in [0.4, 0.5) is 10.5 Å². The van der Waals surface area contributed by atoms with E-state index in [0.29, 0.717) is 31.1 Å². The predicted octanol–water partition coefficient (Wildman–Crippen LogP) is 2.55. The van der Waals surface area contributed by atoms with Gasteiger partial charge in [0.2, 0.25) is 0 Å². The molecule has 0 saturated carbocycles. The van der Waals surface area contributed by atoms with Crippen LogP contribution in [0.15, 0.2) is 12.1 Å². The van der Waals surface area contributed by atoms with Gasteiger partial charge in [-0.2, -0.15) is 12.6 Å². The van der Waals surface area contributed by atoms with Crippen LogP contribution < -0.4 is 14.8 Å². The van der Waals surface area contributed by atoms with Crippen molar-refractivity contribution in [3.63, 3.8) is 0 Å². The Hall–Kier alpha value is -2.16. The number of thiol groups is 1. The number of hydrogen-bond acceptors (Lipinski definition) is 7. The lowest BCUT2D eigenvalue weighted by Crippen LogP contribution is -2.25. The van der Waals surface area contributed by atoms with Crippen LogP contribution >= 0.6 is 12.6 Å². The molecule has 0 aliphatic rings. The summed E-state index contributed by atoms with van der Waals surface area (Å²) in [5.74, 6) is 1.25. The van der Waals surface area contributed by atoms with Gasteiger partial charge in [0.15, 0.2) is 11.5 Å². The maximum atomic E-state index is 11.5. The number of carbonyl (C=O) groups is 1. The van der Waals surface area contributed by atoms with Crippen LogP contribution in [-0.2, 0) is 11.3 Å². The highest BCUT2D eigenvalue weighted by molar-refractivity contribution is 7.80. The van der Waals surface area contributed by atoms with E-state index >= 15 is 0 Å². The smallest absolute Gasteiger partial charge is 0.407 e. The van der Waals surface area contributed by atoms with Crippen LogP contribution in [-0.4, -0.2) is 37.0 Å². The van der Waals surface area contributed by atoms with Crippen molar-refractivity contribution in [2.24, 2.45) is 0 Å². The molecule has 128 valence electrons. The minimum atomic E-state index is -0.645. The first-order valence-electron chi connectivity index (χ1n) is 7.03. The first kappa shape index (κ1) is 18.9. The summed E-state index contributed by atoms with van der Waals surface area (Å²) in [6, 6.07) is 2.70. The van der Waals surface area contributed by atoms with E-state index in [1.54, 1.807) is 6.92 Å². The molecular formula is C14H20N2O6S. The van der Waals surface area contributed by atoms with E-state index in [2.05, 4.69) is 17.9 Å². The molecule has 0 aromatic heterocycles. The molecule has 1 aromatic carbocycles. The number of hydrogen-bond donors (Lipinski definition) is 2. The van der Waals surface area contributed by atoms with E-state index < -0.39 is 11.0 Å². The second-order valence-corrected chi connectivity index (χ2v) is 4.85. The van der Waals surface area contributed by atoms with Gasteiger partial charge < -0.3 is 19.5 Å². The van der Waals surface area contributed by atoms with Gasteiger partial charge in [0.25, 0.3) is 5.69 Å². The molecule has 0 aliphatic carbocycles. The highest BCUT2D eigenvalue weighted by atomic mass is 32.1. The SMILES string of the molecule is CCOc1cc([N+](=O)[O-])c(COC(=O)NCCCS)cc1OC. The summed E-state index contributed by atoms with van der Waals surface area (Å²) in [6.45, 7) is 2.29. The normalized spacial score (nSPS) is 10.0. The molecule has 1 aromatic rings. The summed E-state index contributed by atoms with van der Waals surface area (Å²) in [5, 5.41) is 13.7. The zero-order chi connectivity index (χ0) is 17.2. The maximum Gasteiger partial charge on any atom is 0.407 e. The van der Waals surface area contributed by atoms with E-state index in [9.17, 15) is 14.9 Å². The summed E-state index contributed by atoms with van der Waals surface area (Å²) >= 11 is 4.02. The summed E-state index contributed by atoms with van der Waals surface area (Å²) in [5.41, 5.74) is 0.0251. The van der Waals surface area contributed by atoms with E-state index in [1.165, 1.54) is 19.2 Å². The van der Waals surface area contributed by atoms with Gasteiger partial charge in [-0.3, -0.25) is 10.1 Å². The van der Waals surface area contributed by atoms with Crippen LogP contribution in [0.25, 0.3) is 0 Å². The minimum Gasteiger partial charge on any atom is -0.493 e. The van der Waals surface area contributed by atoms with Gasteiger partial charge in [-0.25, -0.2) is 4.79 Å². The van der Waals surface area contributed by atoms with Gasteiger partial charge in [0, 0.05) is 6.54 Å². The Morgan fingerprint density at radius 2 is 2.13 bits per heavy atom. The number of benzene rings is 1. The zero-order valence-electron chi connectivity index (χ0n) is 13.0. The van der Waals surface area contributed by atoms with Crippen LogP contribution in [0.2, 0.25) is 0 Å². The summed E-state index contributed by atoms with van der Waals surface area (Å²) in [4.78, 5) is 22.1. The average Bonchev–Trinajstić information content (AvgIpc) is 2.53. The first-order chi connectivity index (χ1) is 11.0. The molecule has 23 heavy (non-hydrogen) atoms. The third-order valence-electron chi connectivity index (χ3n) is 2.82. The number of alkyl carbamates (subject to hydrolysis) is 1. The van der Waals surface area contributed by atoms with E-state index in [0.717, 1.165) is 0 Å². The number of amides is 1. The highest BCUT2D eigenvalue weighted by Crippen LogP contribution is 2.35. The third kappa shape index (κ3) is 5.85. The van der Waals surface area contributed by atoms with Crippen LogP contribution in [0, 0.1) is 10.1 Å². The predicted molar refractivity (Wildman–Crippen MR) is 87.5 cm³/mol. The maximum absolute atomic E-state index is 11.5. The Labute approximate surface area is 139 Å². The Morgan fingerprint density at radius 1 is 1.39 bits per heavy atom. The quantitative estimate of drug-likeness (QED) is 0.309. The second-order valence-electron chi connectivity index (χ2n) is 4.40. The van der Waals surface area contributed by atoms with Gasteiger partial charge in [-0.1, -0.05) is 0 Å². The van der Waals surface area contributed by atoms with Crippen molar-refractivity contribution in [1.82, 2.24) is 5.32 Å². The molecule has 8 nitrogen and oxygen atoms in total. The van der Waals surface area contributed by atoms with E-state index in [1.807, 2.05) is 0 Å². The number of methoxy groups -OCH3 is 1. The van der Waals surface area contributed by atoms with Gasteiger partial charge in [0.05, 0.1) is 30.3 Å². The van der Waals surface area contributed by atoms with Crippen molar-refractivity contribution in [3.8, 4) is 11.5 Å². The molecule has 0 saturated heterocycles. The van der Waals surface area contributed by atoms with Gasteiger partial charge in [-0.05, 0) is 25.2 Å². The molecule has 1 N–H and O–H groups in total. The fourth-order valence-corrected chi connectivity index (χ4v) is 1.93. The molecule has 0 aliphatic heterocycles. The number of nitro benzene ring substituents is 1. The van der Waals surface area contributed by atoms with Gasteiger partial charge >= 0.3 is 6.09 Å². The number of rotatable bonds is 9. The standard InChI is InChI=1S/C14H20N2O6S/c1-3-21-13-8-11(16(18)19)10(7-12(13)20-2)9-22-14(17)15-5-4-6-23/h7-8,23H,3-6,9H2,1-2H3,(H,15,17). The second kappa shape index (κ2) is 9.78. The third-order valence-corrected chi connectivity index (χ3v) is 3.14. The number of nitrogens with zero attached hydrogens (tertiary/aromatic N) is 1. The highest BCUT2D eigenvalue weighted by Gasteiger charge is 2.20. The minimum absolute atomic E-state index is 0.197. The van der Waals surface area contributed by atoms with Crippen molar-refractivity contribution in [1.29, 1.82) is 0 Å². The lowest BCUT2D eigenvalue weighted by molar-refractivity contribution is -0.385. The molecule has 0 atom stereocenters. The number of nitrogens with one attached hydrogen (secondary N) is 1. The molecule has 1 amide bonds. The lowest BCUT2D eigenvalue weighted by atomic mass is 10.1. The molecular weight excluding hydrogens is 324 g/mol. The number of ether oxygens (including phenoxy) is 3. The molecule has 0 radical (unpaired) electrons. The molecule has 9 heteroatoms. The molecule has 0 bridgehead atoms. The van der Waals surface area contributed by atoms with Crippen molar-refractivity contribution in [2.45, 2.75) is 20.0 Å². The fraction of sp³-hybridized carbons (Fsp3) is 0.500. The van der Waals surface area contributed by atoms with Crippen LogP contribution in [0.1, 0.15) is 18.9 Å². The van der Waals surface area contributed by atoms with Gasteiger partial charge in [-0.15, -0.1) is 0 Å². The average molecular weight is 344 g/mol. The molecule has 0 spiro atoms. The summed E-state index contributed by atoms with van der Waals surface area (Å²) in [6.07, 6.45) is 0.0591. The summed E-state index contributed by atoms with van der Waals surface area (Å²) < 4.78 is 15.4. The zero-order valence-corrected chi connectivity index (χ0v) is 13.9. The van der Waals surface area contributed by atoms with E-state index in [4.69, 9.17) is 14.2 Å². The number of nitro groups is 1. The molecule has 0 heterocycles. The van der Waals surface area contributed by atoms with Crippen molar-refractivity contribution in [2.75, 3.05) is 26.0 Å². The topological polar surface area (TPSA) is 99.9 Å². The Bertz CT molecular complexity index is 552. The Kier molecular flexibility index (Phi) is 8.03. The van der Waals surface area contributed by atoms with Crippen molar-refractivity contribution < 1.29 is 23.9 Å². The fourth-order valence-electron chi connectivity index (χ4n) is 1.77. The Morgan fingerprint density at radius 3 is 2.70 bits per heavy atom. The first-order valence-corrected chi connectivity index (χ1v) is 7.66. The number of carbonyl (C=O) groups excluding carboxylic acids is 1. The van der Waals surface area contributed by atoms with Crippen LogP contribution in [0.3, 0.4) is 0 Å². The monoisotopic (exact) mass is 344 g/mol. The van der Waals surface area contributed by atoms with Gasteiger partial charge in [0.1, 0.15) is 6.61 Å². The van der Waals surface area contributed by atoms with Crippen molar-refractivity contribution >= 4 is 24.4 Å². The largest absolute Gasteiger partial charge is 0.493 e. The van der Waals surface area contributed by atoms with Crippen LogP contribution in [0.5, 0.6) is 11.5 Å². The molecule has 1 rings (SSSR count). The lowest BCUT2D eigenvalue weighted by Gasteiger charge is -2.12. The Balaban J connectivity index is 2.87. The summed E-state index contributed by atoms with van der Waals surface area (Å²) in [7, 11) is 1.43. The molecule has 0 unspecified atom stereocenters.